The van der Waals surface area contributed by atoms with Gasteiger partial charge in [0.15, 0.2) is 4.77 Å². The van der Waals surface area contributed by atoms with Gasteiger partial charge in [0, 0.05) is 4.47 Å². The number of nitrogens with zero attached hydrogens (tertiary/aromatic N) is 1. The number of H-pyrrole nitrogens is 1. The van der Waals surface area contributed by atoms with Crippen LogP contribution in [0.1, 0.15) is 5.56 Å². The number of hydrogen-bond acceptors (Lipinski definition) is 2. The van der Waals surface area contributed by atoms with Gasteiger partial charge in [-0.3, -0.25) is 9.36 Å². The van der Waals surface area contributed by atoms with Gasteiger partial charge in [0.2, 0.25) is 0 Å². The molecular weight excluding hydrogens is 336 g/mol. The smallest absolute Gasteiger partial charge is 0.262 e. The molecule has 0 radical (unpaired) electrons. The van der Waals surface area contributed by atoms with E-state index in [0.29, 0.717) is 16.7 Å². The SMILES string of the molecule is O=c1c2ccc(Br)cc2[nH]c(=S)n1Cc1ccccc1. The molecule has 0 bridgehead atoms. The van der Waals surface area contributed by atoms with Gasteiger partial charge < -0.3 is 4.98 Å². The molecule has 0 aliphatic heterocycles. The molecule has 0 saturated heterocycles. The minimum absolute atomic E-state index is 0.0693. The number of hydrogen-bond donors (Lipinski definition) is 1. The first kappa shape index (κ1) is 13.3. The molecule has 0 amide bonds. The van der Waals surface area contributed by atoms with E-state index in [4.69, 9.17) is 12.2 Å². The average Bonchev–Trinajstić information content (AvgIpc) is 2.44. The highest BCUT2D eigenvalue weighted by Crippen LogP contribution is 2.15. The molecule has 0 fully saturated rings. The lowest BCUT2D eigenvalue weighted by atomic mass is 10.2. The van der Waals surface area contributed by atoms with Crippen LogP contribution < -0.4 is 5.56 Å². The van der Waals surface area contributed by atoms with Crippen LogP contribution in [0.3, 0.4) is 0 Å². The van der Waals surface area contributed by atoms with Gasteiger partial charge in [-0.2, -0.15) is 0 Å². The van der Waals surface area contributed by atoms with Crippen LogP contribution >= 0.6 is 28.1 Å². The Kier molecular flexibility index (Phi) is 3.54. The maximum atomic E-state index is 12.5. The highest BCUT2D eigenvalue weighted by atomic mass is 79.9. The number of nitrogens with one attached hydrogen (secondary N) is 1. The molecule has 1 aromatic heterocycles. The number of rotatable bonds is 2. The Morgan fingerprint density at radius 2 is 1.90 bits per heavy atom. The molecule has 0 atom stereocenters. The third-order valence-corrected chi connectivity index (χ3v) is 3.94. The van der Waals surface area contributed by atoms with Gasteiger partial charge in [0.05, 0.1) is 17.4 Å². The Hall–Kier alpha value is -1.72. The summed E-state index contributed by atoms with van der Waals surface area (Å²) in [5, 5.41) is 0.637. The molecule has 0 spiro atoms. The Morgan fingerprint density at radius 1 is 1.15 bits per heavy atom. The Balaban J connectivity index is 2.19. The zero-order chi connectivity index (χ0) is 14.1. The highest BCUT2D eigenvalue weighted by Gasteiger charge is 2.06. The minimum atomic E-state index is -0.0693. The summed E-state index contributed by atoms with van der Waals surface area (Å²) >= 11 is 8.69. The molecule has 3 aromatic rings. The van der Waals surface area contributed by atoms with Crippen LogP contribution in [0.4, 0.5) is 0 Å². The minimum Gasteiger partial charge on any atom is -0.332 e. The molecule has 3 nitrogen and oxygen atoms in total. The Bertz CT molecular complexity index is 884. The standard InChI is InChI=1S/C15H11BrN2OS/c16-11-6-7-12-13(8-11)17-15(20)18(14(12)19)9-10-4-2-1-3-5-10/h1-8H,9H2,(H,17,20). The molecule has 2 aromatic carbocycles. The molecule has 0 aliphatic carbocycles. The van der Waals surface area contributed by atoms with Crippen LogP contribution in [0.5, 0.6) is 0 Å². The van der Waals surface area contributed by atoms with E-state index in [1.165, 1.54) is 0 Å². The van der Waals surface area contributed by atoms with Crippen LogP contribution in [0, 0.1) is 4.77 Å². The van der Waals surface area contributed by atoms with Crippen LogP contribution in [-0.4, -0.2) is 9.55 Å². The number of aromatic amines is 1. The van der Waals surface area contributed by atoms with E-state index in [2.05, 4.69) is 20.9 Å². The summed E-state index contributed by atoms with van der Waals surface area (Å²) in [6.45, 7) is 0.473. The lowest BCUT2D eigenvalue weighted by molar-refractivity contribution is 0.734. The van der Waals surface area contributed by atoms with Crippen LogP contribution in [0.15, 0.2) is 57.8 Å². The second kappa shape index (κ2) is 5.34. The number of benzene rings is 2. The zero-order valence-electron chi connectivity index (χ0n) is 10.5. The van der Waals surface area contributed by atoms with Crippen molar-refractivity contribution < 1.29 is 0 Å². The first-order valence-corrected chi connectivity index (χ1v) is 7.31. The summed E-state index contributed by atoms with van der Waals surface area (Å²) in [5.74, 6) is 0. The fourth-order valence-corrected chi connectivity index (χ4v) is 2.75. The molecule has 20 heavy (non-hydrogen) atoms. The van der Waals surface area contributed by atoms with E-state index in [1.54, 1.807) is 10.6 Å². The molecule has 1 N–H and O–H groups in total. The summed E-state index contributed by atoms with van der Waals surface area (Å²) < 4.78 is 2.93. The van der Waals surface area contributed by atoms with Crippen molar-refractivity contribution in [2.45, 2.75) is 6.54 Å². The molecule has 5 heteroatoms. The maximum Gasteiger partial charge on any atom is 0.262 e. The van der Waals surface area contributed by atoms with Crippen LogP contribution in [0.25, 0.3) is 10.9 Å². The lowest BCUT2D eigenvalue weighted by Crippen LogP contribution is -2.22. The van der Waals surface area contributed by atoms with E-state index in [-0.39, 0.29) is 5.56 Å². The fraction of sp³-hybridized carbons (Fsp3) is 0.0667. The van der Waals surface area contributed by atoms with E-state index in [1.807, 2.05) is 42.5 Å². The van der Waals surface area contributed by atoms with Gasteiger partial charge in [-0.05, 0) is 36.0 Å². The largest absolute Gasteiger partial charge is 0.332 e. The van der Waals surface area contributed by atoms with Crippen molar-refractivity contribution in [3.8, 4) is 0 Å². The summed E-state index contributed by atoms with van der Waals surface area (Å²) in [5.41, 5.74) is 1.73. The summed E-state index contributed by atoms with van der Waals surface area (Å²) in [4.78, 5) is 15.6. The number of aromatic nitrogens is 2. The average molecular weight is 347 g/mol. The van der Waals surface area contributed by atoms with Gasteiger partial charge in [-0.1, -0.05) is 46.3 Å². The summed E-state index contributed by atoms with van der Waals surface area (Å²) in [6.07, 6.45) is 0. The van der Waals surface area contributed by atoms with Gasteiger partial charge in [0.25, 0.3) is 5.56 Å². The molecular formula is C15H11BrN2OS. The molecule has 0 aliphatic rings. The van der Waals surface area contributed by atoms with Crippen molar-refractivity contribution in [3.05, 3.63) is 73.7 Å². The molecule has 3 rings (SSSR count). The van der Waals surface area contributed by atoms with Gasteiger partial charge in [0.1, 0.15) is 0 Å². The first-order chi connectivity index (χ1) is 9.65. The zero-order valence-corrected chi connectivity index (χ0v) is 12.9. The van der Waals surface area contributed by atoms with Gasteiger partial charge >= 0.3 is 0 Å². The lowest BCUT2D eigenvalue weighted by Gasteiger charge is -2.08. The van der Waals surface area contributed by atoms with Crippen molar-refractivity contribution in [1.29, 1.82) is 0 Å². The van der Waals surface area contributed by atoms with Crippen molar-refractivity contribution in [1.82, 2.24) is 9.55 Å². The predicted octanol–water partition coefficient (Wildman–Crippen LogP) is 3.87. The van der Waals surface area contributed by atoms with Crippen molar-refractivity contribution in [3.63, 3.8) is 0 Å². The Labute approximate surface area is 129 Å². The van der Waals surface area contributed by atoms with E-state index in [0.717, 1.165) is 15.6 Å². The van der Waals surface area contributed by atoms with Gasteiger partial charge in [-0.25, -0.2) is 0 Å². The van der Waals surface area contributed by atoms with Crippen molar-refractivity contribution >= 4 is 39.1 Å². The molecule has 100 valence electrons. The highest BCUT2D eigenvalue weighted by molar-refractivity contribution is 9.10. The topological polar surface area (TPSA) is 37.8 Å². The number of fused-ring (bicyclic) bond motifs is 1. The third-order valence-electron chi connectivity index (χ3n) is 3.13. The monoisotopic (exact) mass is 346 g/mol. The van der Waals surface area contributed by atoms with Crippen LogP contribution in [0.2, 0.25) is 0 Å². The molecule has 0 saturated carbocycles. The quantitative estimate of drug-likeness (QED) is 0.715. The second-order valence-corrected chi connectivity index (χ2v) is 5.80. The summed E-state index contributed by atoms with van der Waals surface area (Å²) in [7, 11) is 0. The van der Waals surface area contributed by atoms with Crippen molar-refractivity contribution in [2.75, 3.05) is 0 Å². The van der Waals surface area contributed by atoms with Crippen molar-refractivity contribution in [2.24, 2.45) is 0 Å². The Morgan fingerprint density at radius 3 is 2.65 bits per heavy atom. The third kappa shape index (κ3) is 2.46. The fourth-order valence-electron chi connectivity index (χ4n) is 2.14. The maximum absolute atomic E-state index is 12.5. The van der Waals surface area contributed by atoms with E-state index in [9.17, 15) is 4.79 Å². The van der Waals surface area contributed by atoms with E-state index < -0.39 is 0 Å². The van der Waals surface area contributed by atoms with Gasteiger partial charge in [-0.15, -0.1) is 0 Å². The first-order valence-electron chi connectivity index (χ1n) is 6.11. The molecule has 1 heterocycles. The number of halogens is 1. The van der Waals surface area contributed by atoms with E-state index >= 15 is 0 Å². The van der Waals surface area contributed by atoms with Crippen LogP contribution in [-0.2, 0) is 6.54 Å². The summed E-state index contributed by atoms with van der Waals surface area (Å²) in [6, 6.07) is 15.3. The second-order valence-electron chi connectivity index (χ2n) is 4.50. The normalized spacial score (nSPS) is 10.8. The molecule has 0 unspecified atom stereocenters. The predicted molar refractivity (Wildman–Crippen MR) is 86.6 cm³/mol.